The summed E-state index contributed by atoms with van der Waals surface area (Å²) < 4.78 is 16.6. The summed E-state index contributed by atoms with van der Waals surface area (Å²) >= 11 is 0. The minimum Gasteiger partial charge on any atom is -0.496 e. The van der Waals surface area contributed by atoms with Crippen molar-refractivity contribution < 1.29 is 19.0 Å². The Morgan fingerprint density at radius 3 is 2.76 bits per heavy atom. The highest BCUT2D eigenvalue weighted by atomic mass is 16.6. The summed E-state index contributed by atoms with van der Waals surface area (Å²) in [6.07, 6.45) is 1.68. The van der Waals surface area contributed by atoms with Crippen LogP contribution in [0.1, 0.15) is 45.2 Å². The van der Waals surface area contributed by atoms with Gasteiger partial charge in [-0.3, -0.25) is 0 Å². The van der Waals surface area contributed by atoms with Crippen molar-refractivity contribution in [1.29, 1.82) is 0 Å². The van der Waals surface area contributed by atoms with Crippen molar-refractivity contribution in [2.75, 3.05) is 7.11 Å². The highest BCUT2D eigenvalue weighted by Gasteiger charge is 2.39. The predicted molar refractivity (Wildman–Crippen MR) is 95.2 cm³/mol. The van der Waals surface area contributed by atoms with Crippen molar-refractivity contribution in [2.45, 2.75) is 70.9 Å². The van der Waals surface area contributed by atoms with Crippen LogP contribution in [0.3, 0.4) is 0 Å². The fourth-order valence-electron chi connectivity index (χ4n) is 3.09. The predicted octanol–water partition coefficient (Wildman–Crippen LogP) is 2.77. The zero-order valence-corrected chi connectivity index (χ0v) is 15.6. The first-order chi connectivity index (χ1) is 11.7. The van der Waals surface area contributed by atoms with E-state index in [0.29, 0.717) is 6.54 Å². The van der Waals surface area contributed by atoms with Gasteiger partial charge in [-0.2, -0.15) is 0 Å². The van der Waals surface area contributed by atoms with E-state index in [1.165, 1.54) is 5.56 Å². The number of methoxy groups -OCH3 is 1. The maximum atomic E-state index is 11.8. The number of carbonyl (C=O) groups is 1. The summed E-state index contributed by atoms with van der Waals surface area (Å²) in [7, 11) is 1.69. The maximum absolute atomic E-state index is 11.8. The maximum Gasteiger partial charge on any atom is 0.407 e. The fraction of sp³-hybridized carbons (Fsp3) is 0.632. The van der Waals surface area contributed by atoms with Crippen LogP contribution in [0.25, 0.3) is 0 Å². The summed E-state index contributed by atoms with van der Waals surface area (Å²) in [5.41, 5.74) is 1.79. The molecule has 1 aliphatic carbocycles. The lowest BCUT2D eigenvalue weighted by Gasteiger charge is -2.19. The van der Waals surface area contributed by atoms with Crippen LogP contribution >= 0.6 is 0 Å². The van der Waals surface area contributed by atoms with E-state index in [0.717, 1.165) is 29.9 Å². The molecule has 6 heteroatoms. The van der Waals surface area contributed by atoms with Crippen LogP contribution in [0.5, 0.6) is 11.5 Å². The van der Waals surface area contributed by atoms with E-state index < -0.39 is 5.60 Å². The Hall–Kier alpha value is -1.95. The molecule has 25 heavy (non-hydrogen) atoms. The van der Waals surface area contributed by atoms with Gasteiger partial charge in [0.25, 0.3) is 0 Å². The summed E-state index contributed by atoms with van der Waals surface area (Å²) in [6, 6.07) is 4.50. The van der Waals surface area contributed by atoms with Gasteiger partial charge in [0.15, 0.2) is 0 Å². The lowest BCUT2D eigenvalue weighted by Crippen LogP contribution is -2.36. The van der Waals surface area contributed by atoms with Gasteiger partial charge in [0.2, 0.25) is 0 Å². The molecule has 1 fully saturated rings. The first kappa shape index (κ1) is 17.9. The summed E-state index contributed by atoms with van der Waals surface area (Å²) in [6.45, 7) is 8.32. The number of carbonyl (C=O) groups excluding carboxylic acids is 1. The summed E-state index contributed by atoms with van der Waals surface area (Å²) in [5.74, 6) is 1.82. The number of ether oxygens (including phenoxy) is 3. The molecule has 3 unspecified atom stereocenters. The fourth-order valence-corrected chi connectivity index (χ4v) is 3.09. The van der Waals surface area contributed by atoms with E-state index in [4.69, 9.17) is 14.2 Å². The molecule has 1 heterocycles. The van der Waals surface area contributed by atoms with E-state index in [2.05, 4.69) is 29.7 Å². The van der Waals surface area contributed by atoms with Gasteiger partial charge in [-0.05, 0) is 46.2 Å². The van der Waals surface area contributed by atoms with E-state index >= 15 is 0 Å². The molecule has 1 saturated carbocycles. The van der Waals surface area contributed by atoms with Crippen molar-refractivity contribution in [2.24, 2.45) is 0 Å². The molecule has 2 aliphatic rings. The molecule has 0 spiro atoms. The average molecular weight is 348 g/mol. The lowest BCUT2D eigenvalue weighted by atomic mass is 10.1. The lowest BCUT2D eigenvalue weighted by molar-refractivity contribution is 0.0522. The van der Waals surface area contributed by atoms with Gasteiger partial charge in [0, 0.05) is 36.2 Å². The molecule has 0 aromatic heterocycles. The number of fused-ring (bicyclic) bond motifs is 1. The Balaban J connectivity index is 1.52. The summed E-state index contributed by atoms with van der Waals surface area (Å²) in [4.78, 5) is 11.8. The molecule has 138 valence electrons. The van der Waals surface area contributed by atoms with E-state index in [1.54, 1.807) is 7.11 Å². The molecule has 3 atom stereocenters. The number of benzene rings is 1. The van der Waals surface area contributed by atoms with Crippen LogP contribution in [-0.4, -0.2) is 37.0 Å². The molecular formula is C19H28N2O4. The Morgan fingerprint density at radius 1 is 1.32 bits per heavy atom. The van der Waals surface area contributed by atoms with Crippen molar-refractivity contribution >= 4 is 6.09 Å². The third-order valence-electron chi connectivity index (χ3n) is 4.35. The van der Waals surface area contributed by atoms with Crippen LogP contribution in [0.2, 0.25) is 0 Å². The zero-order valence-electron chi connectivity index (χ0n) is 15.6. The van der Waals surface area contributed by atoms with Gasteiger partial charge in [-0.15, -0.1) is 0 Å². The second-order valence-corrected chi connectivity index (χ2v) is 7.88. The van der Waals surface area contributed by atoms with Crippen molar-refractivity contribution in [3.05, 3.63) is 23.3 Å². The van der Waals surface area contributed by atoms with Crippen LogP contribution in [-0.2, 0) is 17.7 Å². The van der Waals surface area contributed by atoms with Gasteiger partial charge in [0.05, 0.1) is 7.11 Å². The topological polar surface area (TPSA) is 68.8 Å². The quantitative estimate of drug-likeness (QED) is 0.856. The molecule has 1 aromatic rings. The van der Waals surface area contributed by atoms with Crippen LogP contribution in [0.4, 0.5) is 4.79 Å². The average Bonchev–Trinajstić information content (AvgIpc) is 3.11. The molecule has 3 rings (SSSR count). The largest absolute Gasteiger partial charge is 0.496 e. The van der Waals surface area contributed by atoms with E-state index in [1.807, 2.05) is 20.8 Å². The monoisotopic (exact) mass is 348 g/mol. The van der Waals surface area contributed by atoms with Crippen molar-refractivity contribution in [1.82, 2.24) is 10.6 Å². The SMILES string of the molecule is COc1cc2c(cc1CNC1CC1NC(=O)OC(C)(C)C)OC(C)C2. The molecule has 0 saturated heterocycles. The van der Waals surface area contributed by atoms with Gasteiger partial charge < -0.3 is 24.8 Å². The number of hydrogen-bond donors (Lipinski definition) is 2. The number of nitrogens with one attached hydrogen (secondary N) is 2. The number of hydrogen-bond acceptors (Lipinski definition) is 5. The van der Waals surface area contributed by atoms with E-state index in [-0.39, 0.29) is 24.3 Å². The van der Waals surface area contributed by atoms with Crippen LogP contribution < -0.4 is 20.1 Å². The third-order valence-corrected chi connectivity index (χ3v) is 4.35. The standard InChI is InChI=1S/C19H28N2O4/c1-11-6-12-7-16(23-5)13(8-17(12)24-11)10-20-14-9-15(14)21-18(22)25-19(2,3)4/h7-8,11,14-15,20H,6,9-10H2,1-5H3,(H,21,22). The van der Waals surface area contributed by atoms with Gasteiger partial charge >= 0.3 is 6.09 Å². The minimum absolute atomic E-state index is 0.117. The molecular weight excluding hydrogens is 320 g/mol. The molecule has 1 aromatic carbocycles. The van der Waals surface area contributed by atoms with Gasteiger partial charge in [-0.1, -0.05) is 0 Å². The molecule has 1 aliphatic heterocycles. The minimum atomic E-state index is -0.475. The molecule has 1 amide bonds. The second-order valence-electron chi connectivity index (χ2n) is 7.88. The Labute approximate surface area is 149 Å². The first-order valence-corrected chi connectivity index (χ1v) is 8.84. The third kappa shape index (κ3) is 4.57. The molecule has 0 bridgehead atoms. The molecule has 2 N–H and O–H groups in total. The molecule has 0 radical (unpaired) electrons. The number of alkyl carbamates (subject to hydrolysis) is 1. The number of amides is 1. The number of rotatable bonds is 5. The highest BCUT2D eigenvalue weighted by molar-refractivity contribution is 5.68. The normalized spacial score (nSPS) is 24.3. The Kier molecular flexibility index (Phi) is 4.82. The first-order valence-electron chi connectivity index (χ1n) is 8.84. The zero-order chi connectivity index (χ0) is 18.2. The Morgan fingerprint density at radius 2 is 2.08 bits per heavy atom. The smallest absolute Gasteiger partial charge is 0.407 e. The summed E-state index contributed by atoms with van der Waals surface area (Å²) in [5, 5.41) is 6.36. The van der Waals surface area contributed by atoms with Gasteiger partial charge in [-0.25, -0.2) is 4.79 Å². The Bertz CT molecular complexity index is 654. The van der Waals surface area contributed by atoms with Crippen LogP contribution in [0.15, 0.2) is 12.1 Å². The van der Waals surface area contributed by atoms with E-state index in [9.17, 15) is 4.79 Å². The van der Waals surface area contributed by atoms with Crippen LogP contribution in [0, 0.1) is 0 Å². The molecule has 6 nitrogen and oxygen atoms in total. The van der Waals surface area contributed by atoms with Crippen molar-refractivity contribution in [3.8, 4) is 11.5 Å². The second kappa shape index (κ2) is 6.75. The highest BCUT2D eigenvalue weighted by Crippen LogP contribution is 2.35. The van der Waals surface area contributed by atoms with Crippen molar-refractivity contribution in [3.63, 3.8) is 0 Å². The van der Waals surface area contributed by atoms with Gasteiger partial charge in [0.1, 0.15) is 23.2 Å².